The Labute approximate surface area is 262 Å². The largest absolute Gasteiger partial charge is 0.478 e. The minimum atomic E-state index is -0.924. The van der Waals surface area contributed by atoms with Crippen LogP contribution in [-0.4, -0.2) is 43.3 Å². The molecular formula is C36H37N7O2. The number of anilines is 2. The number of imidazole rings is 2. The molecule has 45 heavy (non-hydrogen) atoms. The highest BCUT2D eigenvalue weighted by Gasteiger charge is 2.11. The Morgan fingerprint density at radius 1 is 0.733 bits per heavy atom. The van der Waals surface area contributed by atoms with Gasteiger partial charge in [-0.05, 0) is 84.6 Å². The van der Waals surface area contributed by atoms with E-state index in [1.165, 1.54) is 0 Å². The second kappa shape index (κ2) is 13.8. The van der Waals surface area contributed by atoms with Crippen LogP contribution >= 0.6 is 0 Å². The molecule has 0 saturated heterocycles. The summed E-state index contributed by atoms with van der Waals surface area (Å²) in [5, 5.41) is 24.8. The van der Waals surface area contributed by atoms with E-state index in [1.807, 2.05) is 64.0 Å². The van der Waals surface area contributed by atoms with Crippen LogP contribution in [0, 0.1) is 23.2 Å². The highest BCUT2D eigenvalue weighted by Crippen LogP contribution is 2.26. The maximum Gasteiger partial charge on any atom is 0.335 e. The van der Waals surface area contributed by atoms with Gasteiger partial charge >= 0.3 is 5.97 Å². The lowest BCUT2D eigenvalue weighted by atomic mass is 10.2. The van der Waals surface area contributed by atoms with Crippen molar-refractivity contribution in [3.8, 4) is 17.4 Å². The van der Waals surface area contributed by atoms with Gasteiger partial charge in [0.05, 0.1) is 39.6 Å². The number of para-hydroxylation sites is 2. The molecule has 0 fully saturated rings. The number of nitrogens with zero attached hydrogens (tertiary/aromatic N) is 5. The molecule has 0 saturated carbocycles. The highest BCUT2D eigenvalue weighted by atomic mass is 16.4. The summed E-state index contributed by atoms with van der Waals surface area (Å²) in [6.07, 6.45) is 3.59. The van der Waals surface area contributed by atoms with Crippen LogP contribution in [-0.2, 0) is 0 Å². The van der Waals surface area contributed by atoms with Crippen molar-refractivity contribution in [1.29, 1.82) is 5.26 Å². The van der Waals surface area contributed by atoms with Crippen molar-refractivity contribution in [3.63, 3.8) is 0 Å². The number of nitrogens with one attached hydrogen (secondary N) is 2. The van der Waals surface area contributed by atoms with Crippen molar-refractivity contribution in [2.75, 3.05) is 23.7 Å². The van der Waals surface area contributed by atoms with E-state index in [9.17, 15) is 4.79 Å². The van der Waals surface area contributed by atoms with Crippen LogP contribution in [0.15, 0.2) is 97.6 Å². The molecule has 9 nitrogen and oxygen atoms in total. The Kier molecular flexibility index (Phi) is 9.44. The Hall–Kier alpha value is -5.62. The van der Waals surface area contributed by atoms with Gasteiger partial charge in [-0.1, -0.05) is 39.8 Å². The SMILES string of the molecule is CC(C)CNc1cccc2c1ncn2-c1ccc(C#N)cc1.CC(C)CNc1cccc2c1ncn2-c1ccc(C(=O)O)cc1. The quantitative estimate of drug-likeness (QED) is 0.155. The van der Waals surface area contributed by atoms with Crippen LogP contribution in [0.2, 0.25) is 0 Å². The molecule has 0 amide bonds. The van der Waals surface area contributed by atoms with Gasteiger partial charge in [0.15, 0.2) is 0 Å². The zero-order valence-electron chi connectivity index (χ0n) is 25.9. The third-order valence-corrected chi connectivity index (χ3v) is 7.22. The predicted octanol–water partition coefficient (Wildman–Crippen LogP) is 7.76. The topological polar surface area (TPSA) is 121 Å². The normalized spacial score (nSPS) is 11.0. The lowest BCUT2D eigenvalue weighted by Crippen LogP contribution is -2.08. The van der Waals surface area contributed by atoms with Crippen LogP contribution in [0.3, 0.4) is 0 Å². The summed E-state index contributed by atoms with van der Waals surface area (Å²) in [6, 6.07) is 28.6. The summed E-state index contributed by atoms with van der Waals surface area (Å²) in [4.78, 5) is 20.0. The summed E-state index contributed by atoms with van der Waals surface area (Å²) in [5.74, 6) is 0.207. The Morgan fingerprint density at radius 3 is 1.58 bits per heavy atom. The van der Waals surface area contributed by atoms with Crippen molar-refractivity contribution < 1.29 is 9.90 Å². The molecule has 6 rings (SSSR count). The number of aromatic nitrogens is 4. The van der Waals surface area contributed by atoms with Gasteiger partial charge in [0.1, 0.15) is 23.7 Å². The highest BCUT2D eigenvalue weighted by molar-refractivity contribution is 5.91. The van der Waals surface area contributed by atoms with Crippen molar-refractivity contribution in [3.05, 3.63) is 109 Å². The number of hydrogen-bond donors (Lipinski definition) is 3. The molecule has 4 aromatic carbocycles. The number of carboxylic acids is 1. The van der Waals surface area contributed by atoms with Crippen LogP contribution in [0.25, 0.3) is 33.4 Å². The van der Waals surface area contributed by atoms with Crippen molar-refractivity contribution >= 4 is 39.4 Å². The molecule has 2 aromatic heterocycles. The molecule has 0 spiro atoms. The number of hydrogen-bond acceptors (Lipinski definition) is 6. The van der Waals surface area contributed by atoms with E-state index in [0.717, 1.165) is 57.9 Å². The first-order chi connectivity index (χ1) is 21.7. The van der Waals surface area contributed by atoms with Gasteiger partial charge in [0.25, 0.3) is 0 Å². The standard InChI is InChI=1S/C18H18N4.C18H19N3O2/c1-13(2)11-20-16-4-3-5-17-18(16)21-12-22(17)15-8-6-14(10-19)7-9-15;1-12(2)10-19-15-4-3-5-16-17(15)20-11-21(16)14-8-6-13(7-9-14)18(22)23/h3-9,12-13,20H,11H2,1-2H3;3-9,11-12,19H,10H2,1-2H3,(H,22,23). The number of rotatable bonds is 9. The second-order valence-corrected chi connectivity index (χ2v) is 11.6. The van der Waals surface area contributed by atoms with Gasteiger partial charge in [-0.25, -0.2) is 14.8 Å². The van der Waals surface area contributed by atoms with Crippen LogP contribution < -0.4 is 10.6 Å². The monoisotopic (exact) mass is 599 g/mol. The molecule has 228 valence electrons. The average molecular weight is 600 g/mol. The van der Waals surface area contributed by atoms with E-state index in [2.05, 4.69) is 66.5 Å². The lowest BCUT2D eigenvalue weighted by molar-refractivity contribution is 0.0697. The minimum Gasteiger partial charge on any atom is -0.478 e. The lowest BCUT2D eigenvalue weighted by Gasteiger charge is -2.10. The molecule has 9 heteroatoms. The third-order valence-electron chi connectivity index (χ3n) is 7.22. The summed E-state index contributed by atoms with van der Waals surface area (Å²) in [5.41, 5.74) is 8.81. The number of benzene rings is 4. The fourth-order valence-electron chi connectivity index (χ4n) is 4.86. The van der Waals surface area contributed by atoms with Gasteiger partial charge in [-0.15, -0.1) is 0 Å². The molecule has 0 unspecified atom stereocenters. The van der Waals surface area contributed by atoms with Gasteiger partial charge in [-0.3, -0.25) is 9.13 Å². The minimum absolute atomic E-state index is 0.275. The molecule has 6 aromatic rings. The summed E-state index contributed by atoms with van der Waals surface area (Å²) in [7, 11) is 0. The molecule has 0 radical (unpaired) electrons. The second-order valence-electron chi connectivity index (χ2n) is 11.6. The maximum absolute atomic E-state index is 11.0. The van der Waals surface area contributed by atoms with Crippen molar-refractivity contribution in [2.24, 2.45) is 11.8 Å². The van der Waals surface area contributed by atoms with Gasteiger partial charge in [0.2, 0.25) is 0 Å². The molecular weight excluding hydrogens is 562 g/mol. The van der Waals surface area contributed by atoms with Crippen LogP contribution in [0.1, 0.15) is 43.6 Å². The first-order valence-corrected chi connectivity index (χ1v) is 15.0. The molecule has 2 heterocycles. The summed E-state index contributed by atoms with van der Waals surface area (Å²) >= 11 is 0. The van der Waals surface area contributed by atoms with E-state index >= 15 is 0 Å². The molecule has 0 bridgehead atoms. The fourth-order valence-corrected chi connectivity index (χ4v) is 4.86. The van der Waals surface area contributed by atoms with E-state index in [1.54, 1.807) is 30.6 Å². The third kappa shape index (κ3) is 7.13. The zero-order chi connectivity index (χ0) is 31.9. The van der Waals surface area contributed by atoms with Crippen LogP contribution in [0.5, 0.6) is 0 Å². The molecule has 3 N–H and O–H groups in total. The van der Waals surface area contributed by atoms with Crippen LogP contribution in [0.4, 0.5) is 11.4 Å². The molecule has 0 atom stereocenters. The average Bonchev–Trinajstić information content (AvgIpc) is 3.69. The van der Waals surface area contributed by atoms with Gasteiger partial charge < -0.3 is 15.7 Å². The number of aromatic carboxylic acids is 1. The fraction of sp³-hybridized carbons (Fsp3) is 0.222. The molecule has 0 aliphatic heterocycles. The maximum atomic E-state index is 11.0. The van der Waals surface area contributed by atoms with Crippen molar-refractivity contribution in [2.45, 2.75) is 27.7 Å². The molecule has 0 aliphatic carbocycles. The van der Waals surface area contributed by atoms with Crippen molar-refractivity contribution in [1.82, 2.24) is 19.1 Å². The van der Waals surface area contributed by atoms with Gasteiger partial charge in [0, 0.05) is 24.5 Å². The number of nitriles is 1. The van der Waals surface area contributed by atoms with E-state index in [4.69, 9.17) is 10.4 Å². The number of carboxylic acid groups (broad SMARTS) is 1. The van der Waals surface area contributed by atoms with E-state index < -0.39 is 5.97 Å². The Bertz CT molecular complexity index is 1950. The number of fused-ring (bicyclic) bond motifs is 2. The zero-order valence-corrected chi connectivity index (χ0v) is 25.9. The number of carbonyl (C=O) groups is 1. The Morgan fingerprint density at radius 2 is 1.18 bits per heavy atom. The summed E-state index contributed by atoms with van der Waals surface area (Å²) in [6.45, 7) is 10.5. The first kappa shape index (κ1) is 30.8. The Balaban J connectivity index is 0.000000178. The van der Waals surface area contributed by atoms with E-state index in [-0.39, 0.29) is 5.56 Å². The smallest absolute Gasteiger partial charge is 0.335 e. The molecule has 0 aliphatic rings. The van der Waals surface area contributed by atoms with E-state index in [0.29, 0.717) is 17.4 Å². The summed E-state index contributed by atoms with van der Waals surface area (Å²) < 4.78 is 4.00. The predicted molar refractivity (Wildman–Crippen MR) is 180 cm³/mol. The van der Waals surface area contributed by atoms with Gasteiger partial charge in [-0.2, -0.15) is 5.26 Å². The first-order valence-electron chi connectivity index (χ1n) is 15.0.